The molecular formula is C26H35F2N3O3. The van der Waals surface area contributed by atoms with Gasteiger partial charge in [0.1, 0.15) is 11.6 Å². The van der Waals surface area contributed by atoms with E-state index in [1.807, 2.05) is 9.80 Å². The van der Waals surface area contributed by atoms with Crippen LogP contribution in [0.1, 0.15) is 55.3 Å². The van der Waals surface area contributed by atoms with Gasteiger partial charge in [0, 0.05) is 38.1 Å². The largest absolute Gasteiger partial charge is 0.378 e. The van der Waals surface area contributed by atoms with Crippen molar-refractivity contribution in [2.75, 3.05) is 45.9 Å². The van der Waals surface area contributed by atoms with Gasteiger partial charge in [0.25, 0.3) is 5.91 Å². The number of ether oxygens (including phenoxy) is 1. The second kappa shape index (κ2) is 10.3. The first-order valence-corrected chi connectivity index (χ1v) is 12.9. The lowest BCUT2D eigenvalue weighted by Gasteiger charge is -2.57. The van der Waals surface area contributed by atoms with Crippen molar-refractivity contribution in [3.63, 3.8) is 0 Å². The van der Waals surface area contributed by atoms with Crippen LogP contribution >= 0.6 is 0 Å². The molecule has 34 heavy (non-hydrogen) atoms. The molecular weight excluding hydrogens is 440 g/mol. The number of benzene rings is 1. The minimum absolute atomic E-state index is 0.0604. The molecule has 4 fully saturated rings. The molecule has 8 heteroatoms. The van der Waals surface area contributed by atoms with E-state index in [9.17, 15) is 18.4 Å². The first kappa shape index (κ1) is 23.7. The summed E-state index contributed by atoms with van der Waals surface area (Å²) in [7, 11) is 0. The fourth-order valence-electron chi connectivity index (χ4n) is 6.85. The van der Waals surface area contributed by atoms with Gasteiger partial charge in [-0.15, -0.1) is 0 Å². The molecule has 4 aliphatic rings. The molecule has 0 aliphatic carbocycles. The van der Waals surface area contributed by atoms with Crippen molar-refractivity contribution in [3.8, 4) is 0 Å². The van der Waals surface area contributed by atoms with Crippen LogP contribution in [0.5, 0.6) is 0 Å². The SMILES string of the molecule is O=C(CCC[C@@H]1[C@H]2CCCN3CCC[C@@H](CN1C(=O)c1cc(F)ccc1F)[C@@H]23)N1CCOCC1. The lowest BCUT2D eigenvalue weighted by atomic mass is 9.69. The Hall–Kier alpha value is -2.06. The number of morpholine rings is 1. The third kappa shape index (κ3) is 4.71. The molecule has 4 heterocycles. The molecule has 0 unspecified atom stereocenters. The number of hydrogen-bond donors (Lipinski definition) is 0. The Labute approximate surface area is 200 Å². The van der Waals surface area contributed by atoms with Gasteiger partial charge in [-0.05, 0) is 81.6 Å². The van der Waals surface area contributed by atoms with Gasteiger partial charge in [-0.2, -0.15) is 0 Å². The van der Waals surface area contributed by atoms with Gasteiger partial charge in [-0.3, -0.25) is 14.5 Å². The van der Waals surface area contributed by atoms with E-state index in [2.05, 4.69) is 4.90 Å². The predicted octanol–water partition coefficient (Wildman–Crippen LogP) is 3.31. The van der Waals surface area contributed by atoms with E-state index in [1.165, 1.54) is 0 Å². The van der Waals surface area contributed by atoms with Gasteiger partial charge < -0.3 is 14.5 Å². The van der Waals surface area contributed by atoms with Gasteiger partial charge in [-0.1, -0.05) is 0 Å². The van der Waals surface area contributed by atoms with Crippen LogP contribution in [-0.2, 0) is 9.53 Å². The number of likely N-dealkylation sites (tertiary alicyclic amines) is 1. The van der Waals surface area contributed by atoms with Crippen LogP contribution < -0.4 is 0 Å². The summed E-state index contributed by atoms with van der Waals surface area (Å²) >= 11 is 0. The number of nitrogens with zero attached hydrogens (tertiary/aromatic N) is 3. The van der Waals surface area contributed by atoms with E-state index >= 15 is 0 Å². The van der Waals surface area contributed by atoms with E-state index in [1.54, 1.807) is 0 Å². The summed E-state index contributed by atoms with van der Waals surface area (Å²) in [4.78, 5) is 32.6. The maximum absolute atomic E-state index is 14.6. The molecule has 4 saturated heterocycles. The zero-order valence-corrected chi connectivity index (χ0v) is 19.8. The van der Waals surface area contributed by atoms with Crippen molar-refractivity contribution < 1.29 is 23.1 Å². The molecule has 2 amide bonds. The van der Waals surface area contributed by atoms with Gasteiger partial charge in [0.15, 0.2) is 0 Å². The molecule has 186 valence electrons. The first-order chi connectivity index (χ1) is 16.5. The Morgan fingerprint density at radius 2 is 1.79 bits per heavy atom. The van der Waals surface area contributed by atoms with Crippen molar-refractivity contribution >= 4 is 11.8 Å². The van der Waals surface area contributed by atoms with Crippen LogP contribution in [0, 0.1) is 23.5 Å². The van der Waals surface area contributed by atoms with Crippen molar-refractivity contribution in [3.05, 3.63) is 35.4 Å². The Morgan fingerprint density at radius 1 is 1.03 bits per heavy atom. The molecule has 0 saturated carbocycles. The summed E-state index contributed by atoms with van der Waals surface area (Å²) in [5.74, 6) is -0.883. The van der Waals surface area contributed by atoms with Crippen molar-refractivity contribution in [1.82, 2.24) is 14.7 Å². The summed E-state index contributed by atoms with van der Waals surface area (Å²) in [6.07, 6.45) is 6.14. The lowest BCUT2D eigenvalue weighted by molar-refractivity contribution is -0.135. The summed E-state index contributed by atoms with van der Waals surface area (Å²) in [5.41, 5.74) is -0.184. The Bertz CT molecular complexity index is 905. The van der Waals surface area contributed by atoms with E-state index < -0.39 is 17.5 Å². The highest BCUT2D eigenvalue weighted by molar-refractivity contribution is 5.95. The highest BCUT2D eigenvalue weighted by atomic mass is 19.1. The molecule has 6 nitrogen and oxygen atoms in total. The van der Waals surface area contributed by atoms with Crippen LogP contribution in [0.2, 0.25) is 0 Å². The molecule has 4 atom stereocenters. The number of halogens is 2. The average Bonchev–Trinajstić information content (AvgIpc) is 2.87. The fourth-order valence-corrected chi connectivity index (χ4v) is 6.85. The van der Waals surface area contributed by atoms with Crippen molar-refractivity contribution in [1.29, 1.82) is 0 Å². The van der Waals surface area contributed by atoms with Crippen molar-refractivity contribution in [2.45, 2.75) is 57.0 Å². The molecule has 0 aromatic heterocycles. The Kier molecular flexibility index (Phi) is 7.16. The molecule has 1 aromatic rings. The molecule has 0 radical (unpaired) electrons. The number of carbonyl (C=O) groups is 2. The molecule has 5 rings (SSSR count). The van der Waals surface area contributed by atoms with Gasteiger partial charge in [0.05, 0.1) is 18.8 Å². The maximum Gasteiger partial charge on any atom is 0.257 e. The smallest absolute Gasteiger partial charge is 0.257 e. The normalized spacial score (nSPS) is 29.6. The third-order valence-electron chi connectivity index (χ3n) is 8.35. The lowest BCUT2D eigenvalue weighted by Crippen LogP contribution is -2.65. The Morgan fingerprint density at radius 3 is 2.59 bits per heavy atom. The van der Waals surface area contributed by atoms with Crippen molar-refractivity contribution in [2.24, 2.45) is 11.8 Å². The van der Waals surface area contributed by atoms with Gasteiger partial charge in [-0.25, -0.2) is 8.78 Å². The fraction of sp³-hybridized carbons (Fsp3) is 0.692. The van der Waals surface area contributed by atoms with Gasteiger partial charge in [0.2, 0.25) is 5.91 Å². The average molecular weight is 476 g/mol. The van der Waals surface area contributed by atoms with Crippen LogP contribution in [0.25, 0.3) is 0 Å². The van der Waals surface area contributed by atoms with Crippen LogP contribution in [0.4, 0.5) is 8.78 Å². The predicted molar refractivity (Wildman–Crippen MR) is 123 cm³/mol. The minimum atomic E-state index is -0.677. The number of carbonyl (C=O) groups excluding carboxylic acids is 2. The highest BCUT2D eigenvalue weighted by Crippen LogP contribution is 2.43. The Balaban J connectivity index is 1.35. The zero-order valence-electron chi connectivity index (χ0n) is 19.8. The van der Waals surface area contributed by atoms with E-state index in [0.717, 1.165) is 57.0 Å². The second-order valence-electron chi connectivity index (χ2n) is 10.3. The van der Waals surface area contributed by atoms with Crippen LogP contribution in [0.15, 0.2) is 18.2 Å². The second-order valence-corrected chi connectivity index (χ2v) is 10.3. The van der Waals surface area contributed by atoms with E-state index in [0.29, 0.717) is 70.0 Å². The summed E-state index contributed by atoms with van der Waals surface area (Å²) in [6.45, 7) is 5.21. The molecule has 4 aliphatic heterocycles. The zero-order chi connectivity index (χ0) is 23.7. The molecule has 1 aromatic carbocycles. The van der Waals surface area contributed by atoms with Crippen LogP contribution in [0.3, 0.4) is 0 Å². The highest BCUT2D eigenvalue weighted by Gasteiger charge is 2.49. The standard InChI is InChI=1S/C26H35F2N3O3/c27-19-8-9-22(28)21(16-19)26(33)31-17-18-4-2-10-30-11-3-5-20(25(18)30)23(31)6-1-7-24(32)29-12-14-34-15-13-29/h8-9,16,18,20,23,25H,1-7,10-15,17H2/t18-,20+,23+,25-/m0/s1. The van der Waals surface area contributed by atoms with E-state index in [-0.39, 0.29) is 17.5 Å². The first-order valence-electron chi connectivity index (χ1n) is 12.9. The molecule has 0 N–H and O–H groups in total. The van der Waals surface area contributed by atoms with Gasteiger partial charge >= 0.3 is 0 Å². The summed E-state index contributed by atoms with van der Waals surface area (Å²) in [6, 6.07) is 3.50. The molecule has 0 bridgehead atoms. The third-order valence-corrected chi connectivity index (χ3v) is 8.35. The summed E-state index contributed by atoms with van der Waals surface area (Å²) in [5, 5.41) is 0. The molecule has 0 spiro atoms. The topological polar surface area (TPSA) is 53.1 Å². The van der Waals surface area contributed by atoms with E-state index in [4.69, 9.17) is 4.74 Å². The summed E-state index contributed by atoms with van der Waals surface area (Å²) < 4.78 is 33.8. The number of rotatable bonds is 5. The maximum atomic E-state index is 14.6. The quantitative estimate of drug-likeness (QED) is 0.656. The van der Waals surface area contributed by atoms with Crippen LogP contribution in [-0.4, -0.2) is 84.5 Å². The number of amides is 2. The monoisotopic (exact) mass is 475 g/mol. The number of hydrogen-bond acceptors (Lipinski definition) is 4. The minimum Gasteiger partial charge on any atom is -0.378 e. The number of piperidine rings is 3.